The van der Waals surface area contributed by atoms with Gasteiger partial charge in [0.15, 0.2) is 5.76 Å². The zero-order valence-electron chi connectivity index (χ0n) is 14.5. The molecule has 1 saturated heterocycles. The van der Waals surface area contributed by atoms with Crippen molar-refractivity contribution in [2.75, 3.05) is 19.6 Å². The number of likely N-dealkylation sites (tertiary alicyclic amines) is 1. The van der Waals surface area contributed by atoms with Crippen LogP contribution >= 0.6 is 12.4 Å². The highest BCUT2D eigenvalue weighted by atomic mass is 35.5. The second-order valence-electron chi connectivity index (χ2n) is 6.06. The Morgan fingerprint density at radius 2 is 2.17 bits per heavy atom. The lowest BCUT2D eigenvalue weighted by atomic mass is 10.0. The molecule has 136 valence electrons. The quantitative estimate of drug-likeness (QED) is 0.815. The van der Waals surface area contributed by atoms with Gasteiger partial charge in [-0.25, -0.2) is 0 Å². The molecule has 0 saturated carbocycles. The van der Waals surface area contributed by atoms with Crippen LogP contribution in [0.1, 0.15) is 54.5 Å². The standard InChI is InChI=1S/C17H27N3O3.ClH/c1-3-14-12(2)10-15(23-14)17(22)20-9-5-4-6-13(20)11-19-16(21)7-8-18;/h10,13H,3-9,11,18H2,1-2H3,(H,19,21);1H. The van der Waals surface area contributed by atoms with Gasteiger partial charge in [0, 0.05) is 38.5 Å². The fourth-order valence-corrected chi connectivity index (χ4v) is 3.05. The number of carbonyl (C=O) groups excluding carboxylic acids is 2. The third kappa shape index (κ3) is 4.98. The lowest BCUT2D eigenvalue weighted by Gasteiger charge is -2.35. The number of piperidine rings is 1. The van der Waals surface area contributed by atoms with Crippen LogP contribution in [0.25, 0.3) is 0 Å². The molecule has 2 amide bonds. The smallest absolute Gasteiger partial charge is 0.289 e. The van der Waals surface area contributed by atoms with Gasteiger partial charge in [-0.1, -0.05) is 6.92 Å². The van der Waals surface area contributed by atoms with E-state index < -0.39 is 0 Å². The van der Waals surface area contributed by atoms with E-state index in [0.29, 0.717) is 31.8 Å². The molecule has 1 aromatic heterocycles. The van der Waals surface area contributed by atoms with Gasteiger partial charge in [0.05, 0.1) is 0 Å². The summed E-state index contributed by atoms with van der Waals surface area (Å²) < 4.78 is 5.70. The molecule has 2 rings (SSSR count). The molecule has 24 heavy (non-hydrogen) atoms. The number of nitrogens with one attached hydrogen (secondary N) is 1. The highest BCUT2D eigenvalue weighted by Crippen LogP contribution is 2.22. The number of hydrogen-bond donors (Lipinski definition) is 2. The Hall–Kier alpha value is -1.53. The minimum Gasteiger partial charge on any atom is -0.456 e. The second-order valence-corrected chi connectivity index (χ2v) is 6.06. The molecule has 1 aromatic rings. The van der Waals surface area contributed by atoms with E-state index in [4.69, 9.17) is 10.2 Å². The van der Waals surface area contributed by atoms with Gasteiger partial charge < -0.3 is 20.4 Å². The fraction of sp³-hybridized carbons (Fsp3) is 0.647. The zero-order valence-corrected chi connectivity index (χ0v) is 15.3. The van der Waals surface area contributed by atoms with Crippen molar-refractivity contribution in [3.63, 3.8) is 0 Å². The summed E-state index contributed by atoms with van der Waals surface area (Å²) in [6.45, 7) is 5.49. The first kappa shape index (κ1) is 20.5. The van der Waals surface area contributed by atoms with E-state index in [1.807, 2.05) is 24.8 Å². The van der Waals surface area contributed by atoms with Crippen molar-refractivity contribution in [1.29, 1.82) is 0 Å². The lowest BCUT2D eigenvalue weighted by molar-refractivity contribution is -0.121. The van der Waals surface area contributed by atoms with Crippen LogP contribution in [0.4, 0.5) is 0 Å². The SMILES string of the molecule is CCc1oc(C(=O)N2CCCCC2CNC(=O)CCN)cc1C.Cl. The van der Waals surface area contributed by atoms with Crippen LogP contribution in [0, 0.1) is 6.92 Å². The van der Waals surface area contributed by atoms with E-state index in [1.165, 1.54) is 0 Å². The summed E-state index contributed by atoms with van der Waals surface area (Å²) in [5.41, 5.74) is 6.40. The number of rotatable bonds is 6. The molecule has 1 unspecified atom stereocenters. The Kier molecular flexibility index (Phi) is 8.28. The molecule has 7 heteroatoms. The number of nitrogens with two attached hydrogens (primary N) is 1. The van der Waals surface area contributed by atoms with Crippen molar-refractivity contribution in [2.45, 2.75) is 52.0 Å². The van der Waals surface area contributed by atoms with E-state index in [9.17, 15) is 9.59 Å². The Morgan fingerprint density at radius 3 is 2.79 bits per heavy atom. The van der Waals surface area contributed by atoms with Crippen LogP contribution in [-0.4, -0.2) is 42.4 Å². The summed E-state index contributed by atoms with van der Waals surface area (Å²) in [6, 6.07) is 1.84. The first-order chi connectivity index (χ1) is 11.1. The fourth-order valence-electron chi connectivity index (χ4n) is 3.05. The topological polar surface area (TPSA) is 88.6 Å². The average molecular weight is 358 g/mol. The summed E-state index contributed by atoms with van der Waals surface area (Å²) in [4.78, 5) is 26.2. The Labute approximate surface area is 149 Å². The minimum atomic E-state index is -0.0782. The van der Waals surface area contributed by atoms with Crippen LogP contribution in [-0.2, 0) is 11.2 Å². The zero-order chi connectivity index (χ0) is 16.8. The molecule has 1 aliphatic rings. The lowest BCUT2D eigenvalue weighted by Crippen LogP contribution is -2.49. The van der Waals surface area contributed by atoms with Gasteiger partial charge in [0.25, 0.3) is 5.91 Å². The second kappa shape index (κ2) is 9.69. The van der Waals surface area contributed by atoms with Crippen molar-refractivity contribution in [1.82, 2.24) is 10.2 Å². The minimum absolute atomic E-state index is 0. The van der Waals surface area contributed by atoms with Crippen molar-refractivity contribution in [3.05, 3.63) is 23.2 Å². The molecule has 2 heterocycles. The summed E-state index contributed by atoms with van der Waals surface area (Å²) in [5, 5.41) is 2.87. The van der Waals surface area contributed by atoms with E-state index >= 15 is 0 Å². The van der Waals surface area contributed by atoms with Crippen LogP contribution in [0.5, 0.6) is 0 Å². The number of amides is 2. The van der Waals surface area contributed by atoms with Crippen molar-refractivity contribution >= 4 is 24.2 Å². The molecular weight excluding hydrogens is 330 g/mol. The third-order valence-corrected chi connectivity index (χ3v) is 4.35. The number of carbonyl (C=O) groups is 2. The van der Waals surface area contributed by atoms with Crippen molar-refractivity contribution in [2.24, 2.45) is 5.73 Å². The van der Waals surface area contributed by atoms with Gasteiger partial charge in [0.2, 0.25) is 5.91 Å². The summed E-state index contributed by atoms with van der Waals surface area (Å²) in [5.74, 6) is 1.12. The normalized spacial score (nSPS) is 17.3. The molecule has 1 fully saturated rings. The molecule has 0 aliphatic carbocycles. The number of nitrogens with zero attached hydrogens (tertiary/aromatic N) is 1. The summed E-state index contributed by atoms with van der Waals surface area (Å²) in [7, 11) is 0. The maximum absolute atomic E-state index is 12.8. The largest absolute Gasteiger partial charge is 0.456 e. The van der Waals surface area contributed by atoms with Crippen molar-refractivity contribution < 1.29 is 14.0 Å². The highest BCUT2D eigenvalue weighted by molar-refractivity contribution is 5.92. The predicted molar refractivity (Wildman–Crippen MR) is 95.4 cm³/mol. The van der Waals surface area contributed by atoms with Crippen LogP contribution < -0.4 is 11.1 Å². The van der Waals surface area contributed by atoms with Gasteiger partial charge in [-0.3, -0.25) is 9.59 Å². The monoisotopic (exact) mass is 357 g/mol. The van der Waals surface area contributed by atoms with Crippen LogP contribution in [0.2, 0.25) is 0 Å². The maximum atomic E-state index is 12.8. The van der Waals surface area contributed by atoms with E-state index in [2.05, 4.69) is 5.32 Å². The molecular formula is C17H28ClN3O3. The molecule has 1 atom stereocenters. The third-order valence-electron chi connectivity index (χ3n) is 4.35. The first-order valence-electron chi connectivity index (χ1n) is 8.43. The Bertz CT molecular complexity index is 559. The summed E-state index contributed by atoms with van der Waals surface area (Å²) in [6.07, 6.45) is 4.04. The van der Waals surface area contributed by atoms with Gasteiger partial charge in [-0.05, 0) is 37.8 Å². The maximum Gasteiger partial charge on any atom is 0.289 e. The van der Waals surface area contributed by atoms with Gasteiger partial charge in [-0.15, -0.1) is 12.4 Å². The number of furan rings is 1. The average Bonchev–Trinajstić information content (AvgIpc) is 2.94. The predicted octanol–water partition coefficient (Wildman–Crippen LogP) is 2.03. The van der Waals surface area contributed by atoms with Gasteiger partial charge in [0.1, 0.15) is 5.76 Å². The van der Waals surface area contributed by atoms with Gasteiger partial charge in [-0.2, -0.15) is 0 Å². The van der Waals surface area contributed by atoms with Crippen LogP contribution in [0.15, 0.2) is 10.5 Å². The van der Waals surface area contributed by atoms with Crippen molar-refractivity contribution in [3.8, 4) is 0 Å². The van der Waals surface area contributed by atoms with E-state index in [1.54, 1.807) is 0 Å². The van der Waals surface area contributed by atoms with E-state index in [-0.39, 0.29) is 30.3 Å². The molecule has 0 spiro atoms. The number of hydrogen-bond acceptors (Lipinski definition) is 4. The molecule has 6 nitrogen and oxygen atoms in total. The van der Waals surface area contributed by atoms with E-state index in [0.717, 1.165) is 37.0 Å². The van der Waals surface area contributed by atoms with Gasteiger partial charge >= 0.3 is 0 Å². The molecule has 0 radical (unpaired) electrons. The highest BCUT2D eigenvalue weighted by Gasteiger charge is 2.29. The number of halogens is 1. The first-order valence-corrected chi connectivity index (χ1v) is 8.43. The Morgan fingerprint density at radius 1 is 1.42 bits per heavy atom. The number of aryl methyl sites for hydroxylation is 2. The molecule has 3 N–H and O–H groups in total. The Balaban J connectivity index is 0.00000288. The molecule has 0 bridgehead atoms. The van der Waals surface area contributed by atoms with Crippen LogP contribution in [0.3, 0.4) is 0 Å². The molecule has 1 aliphatic heterocycles. The molecule has 0 aromatic carbocycles. The summed E-state index contributed by atoms with van der Waals surface area (Å²) >= 11 is 0.